The number of unbranched alkanes of at least 4 members (excludes halogenated alkanes) is 1. The van der Waals surface area contributed by atoms with E-state index in [1.54, 1.807) is 0 Å². The van der Waals surface area contributed by atoms with E-state index in [4.69, 9.17) is 21.1 Å². The van der Waals surface area contributed by atoms with Crippen LogP contribution in [0.25, 0.3) is 0 Å². The summed E-state index contributed by atoms with van der Waals surface area (Å²) in [5, 5.41) is 0.727. The zero-order valence-corrected chi connectivity index (χ0v) is 15.1. The Bertz CT molecular complexity index is 628. The molecule has 130 valence electrons. The lowest BCUT2D eigenvalue weighted by molar-refractivity contribution is -0.311. The second kappa shape index (κ2) is 7.26. The third-order valence-electron chi connectivity index (χ3n) is 4.41. The maximum atomic E-state index is 6.26. The molecule has 0 unspecified atom stereocenters. The molecule has 0 atom stereocenters. The molecule has 0 bridgehead atoms. The summed E-state index contributed by atoms with van der Waals surface area (Å²) >= 11 is 6.03. The van der Waals surface area contributed by atoms with Gasteiger partial charge in [0.15, 0.2) is 5.79 Å². The first-order chi connectivity index (χ1) is 11.5. The monoisotopic (exact) mass is 348 g/mol. The summed E-state index contributed by atoms with van der Waals surface area (Å²) < 4.78 is 14.6. The molecule has 1 aliphatic heterocycles. The minimum atomic E-state index is -0.658. The molecule has 1 aromatic heterocycles. The van der Waals surface area contributed by atoms with E-state index < -0.39 is 5.79 Å². The summed E-state index contributed by atoms with van der Waals surface area (Å²) in [5.41, 5.74) is 1.09. The number of halogens is 1. The molecule has 0 spiro atoms. The fraction of sp³-hybridized carbons (Fsp3) is 0.526. The SMILES string of the molecule is CC1(C)COC(CCCCn2ccnc2)(c2ccc(Cl)cc2)OC1. The molecule has 1 aliphatic rings. The van der Waals surface area contributed by atoms with Crippen LogP contribution in [-0.2, 0) is 21.8 Å². The molecule has 4 nitrogen and oxygen atoms in total. The molecule has 0 aliphatic carbocycles. The van der Waals surface area contributed by atoms with Gasteiger partial charge < -0.3 is 14.0 Å². The van der Waals surface area contributed by atoms with Gasteiger partial charge in [0.1, 0.15) is 0 Å². The molecule has 2 heterocycles. The highest BCUT2D eigenvalue weighted by Crippen LogP contribution is 2.40. The number of imidazole rings is 1. The molecule has 5 heteroatoms. The minimum Gasteiger partial charge on any atom is -0.345 e. The van der Waals surface area contributed by atoms with Crippen LogP contribution in [0.3, 0.4) is 0 Å². The lowest BCUT2D eigenvalue weighted by Crippen LogP contribution is -2.45. The van der Waals surface area contributed by atoms with E-state index in [0.29, 0.717) is 13.2 Å². The number of nitrogens with zero attached hydrogens (tertiary/aromatic N) is 2. The summed E-state index contributed by atoms with van der Waals surface area (Å²) in [6, 6.07) is 7.82. The van der Waals surface area contributed by atoms with Gasteiger partial charge in [0.25, 0.3) is 0 Å². The standard InChI is InChI=1S/C19H25ClN2O2/c1-18(2)13-23-19(24-14-18,16-5-7-17(20)8-6-16)9-3-4-11-22-12-10-21-15-22/h5-8,10,12,15H,3-4,9,11,13-14H2,1-2H3. The van der Waals surface area contributed by atoms with Crippen molar-refractivity contribution in [3.63, 3.8) is 0 Å². The Labute approximate surface area is 148 Å². The molecule has 0 saturated carbocycles. The van der Waals surface area contributed by atoms with Gasteiger partial charge in [0.05, 0.1) is 19.5 Å². The van der Waals surface area contributed by atoms with Gasteiger partial charge >= 0.3 is 0 Å². The Morgan fingerprint density at radius 1 is 1.12 bits per heavy atom. The van der Waals surface area contributed by atoms with Crippen molar-refractivity contribution in [1.29, 1.82) is 0 Å². The summed E-state index contributed by atoms with van der Waals surface area (Å²) in [6.07, 6.45) is 8.56. The van der Waals surface area contributed by atoms with Crippen LogP contribution in [0.5, 0.6) is 0 Å². The number of hydrogen-bond acceptors (Lipinski definition) is 3. The lowest BCUT2D eigenvalue weighted by Gasteiger charge is -2.44. The minimum absolute atomic E-state index is 0.0483. The van der Waals surface area contributed by atoms with Crippen LogP contribution in [0.2, 0.25) is 5.02 Å². The topological polar surface area (TPSA) is 36.3 Å². The molecule has 1 saturated heterocycles. The molecule has 2 aromatic rings. The summed E-state index contributed by atoms with van der Waals surface area (Å²) in [7, 11) is 0. The summed E-state index contributed by atoms with van der Waals surface area (Å²) in [6.45, 7) is 6.67. The van der Waals surface area contributed by atoms with Gasteiger partial charge in [-0.1, -0.05) is 37.6 Å². The summed E-state index contributed by atoms with van der Waals surface area (Å²) in [5.74, 6) is -0.658. The third kappa shape index (κ3) is 4.18. The van der Waals surface area contributed by atoms with Crippen LogP contribution in [0.15, 0.2) is 43.0 Å². The number of rotatable bonds is 6. The Morgan fingerprint density at radius 3 is 2.46 bits per heavy atom. The van der Waals surface area contributed by atoms with Gasteiger partial charge in [-0.3, -0.25) is 0 Å². The molecule has 3 rings (SSSR count). The second-order valence-corrected chi connectivity index (χ2v) is 7.70. The first kappa shape index (κ1) is 17.5. The van der Waals surface area contributed by atoms with Crippen molar-refractivity contribution in [2.75, 3.05) is 13.2 Å². The molecule has 1 fully saturated rings. The predicted molar refractivity (Wildman–Crippen MR) is 94.9 cm³/mol. The first-order valence-electron chi connectivity index (χ1n) is 8.49. The van der Waals surface area contributed by atoms with E-state index >= 15 is 0 Å². The van der Waals surface area contributed by atoms with Crippen LogP contribution in [0.1, 0.15) is 38.7 Å². The quantitative estimate of drug-likeness (QED) is 0.714. The van der Waals surface area contributed by atoms with E-state index in [1.165, 1.54) is 0 Å². The fourth-order valence-electron chi connectivity index (χ4n) is 2.94. The van der Waals surface area contributed by atoms with E-state index in [1.807, 2.05) is 43.0 Å². The molecular formula is C19H25ClN2O2. The average molecular weight is 349 g/mol. The van der Waals surface area contributed by atoms with Crippen LogP contribution in [0, 0.1) is 5.41 Å². The molecule has 1 aromatic carbocycles. The van der Waals surface area contributed by atoms with E-state index in [9.17, 15) is 0 Å². The van der Waals surface area contributed by atoms with Gasteiger partial charge in [-0.05, 0) is 25.0 Å². The maximum absolute atomic E-state index is 6.26. The van der Waals surface area contributed by atoms with Gasteiger partial charge in [-0.25, -0.2) is 4.98 Å². The highest BCUT2D eigenvalue weighted by atomic mass is 35.5. The first-order valence-corrected chi connectivity index (χ1v) is 8.87. The van der Waals surface area contributed by atoms with Crippen molar-refractivity contribution >= 4 is 11.6 Å². The van der Waals surface area contributed by atoms with Crippen LogP contribution < -0.4 is 0 Å². The molecule has 0 amide bonds. The fourth-order valence-corrected chi connectivity index (χ4v) is 3.06. The maximum Gasteiger partial charge on any atom is 0.194 e. The normalized spacial score (nSPS) is 19.3. The Balaban J connectivity index is 1.67. The zero-order chi connectivity index (χ0) is 17.0. The van der Waals surface area contributed by atoms with Gasteiger partial charge in [-0.15, -0.1) is 0 Å². The number of benzene rings is 1. The average Bonchev–Trinajstić information content (AvgIpc) is 3.08. The largest absolute Gasteiger partial charge is 0.345 e. The highest BCUT2D eigenvalue weighted by Gasteiger charge is 2.41. The van der Waals surface area contributed by atoms with Crippen LogP contribution >= 0.6 is 11.6 Å². The van der Waals surface area contributed by atoms with Crippen molar-refractivity contribution < 1.29 is 9.47 Å². The Hall–Kier alpha value is -1.36. The van der Waals surface area contributed by atoms with Crippen LogP contribution in [0.4, 0.5) is 0 Å². The smallest absolute Gasteiger partial charge is 0.194 e. The van der Waals surface area contributed by atoms with Crippen molar-refractivity contribution in [1.82, 2.24) is 9.55 Å². The van der Waals surface area contributed by atoms with Crippen LogP contribution in [-0.4, -0.2) is 22.8 Å². The summed E-state index contributed by atoms with van der Waals surface area (Å²) in [4.78, 5) is 4.08. The van der Waals surface area contributed by atoms with Crippen molar-refractivity contribution in [3.05, 3.63) is 53.6 Å². The van der Waals surface area contributed by atoms with E-state index in [2.05, 4.69) is 23.4 Å². The lowest BCUT2D eigenvalue weighted by atomic mass is 9.91. The number of hydrogen-bond donors (Lipinski definition) is 0. The number of ether oxygens (including phenoxy) is 2. The van der Waals surface area contributed by atoms with E-state index in [-0.39, 0.29) is 5.41 Å². The van der Waals surface area contributed by atoms with E-state index in [0.717, 1.165) is 36.4 Å². The van der Waals surface area contributed by atoms with Crippen molar-refractivity contribution in [3.8, 4) is 0 Å². The highest BCUT2D eigenvalue weighted by molar-refractivity contribution is 6.30. The number of aromatic nitrogens is 2. The Kier molecular flexibility index (Phi) is 5.28. The van der Waals surface area contributed by atoms with Crippen molar-refractivity contribution in [2.24, 2.45) is 5.41 Å². The molecular weight excluding hydrogens is 324 g/mol. The second-order valence-electron chi connectivity index (χ2n) is 7.26. The molecule has 0 radical (unpaired) electrons. The van der Waals surface area contributed by atoms with Gasteiger partial charge in [0.2, 0.25) is 0 Å². The molecule has 0 N–H and O–H groups in total. The van der Waals surface area contributed by atoms with Gasteiger partial charge in [-0.2, -0.15) is 0 Å². The zero-order valence-electron chi connectivity index (χ0n) is 14.4. The number of aryl methyl sites for hydroxylation is 1. The third-order valence-corrected chi connectivity index (χ3v) is 4.66. The molecule has 24 heavy (non-hydrogen) atoms. The van der Waals surface area contributed by atoms with Crippen molar-refractivity contribution in [2.45, 2.75) is 45.4 Å². The predicted octanol–water partition coefficient (Wildman–Crippen LogP) is 4.63. The van der Waals surface area contributed by atoms with Gasteiger partial charge in [0, 0.05) is 41.4 Å². The Morgan fingerprint density at radius 2 is 1.83 bits per heavy atom.